The zero-order valence-electron chi connectivity index (χ0n) is 15.7. The average Bonchev–Trinajstić information content (AvgIpc) is 2.58. The molecule has 0 heterocycles. The molecule has 128 valence electrons. The third kappa shape index (κ3) is 4.51. The summed E-state index contributed by atoms with van der Waals surface area (Å²) in [6.07, 6.45) is 1.09. The van der Waals surface area contributed by atoms with Crippen LogP contribution in [0, 0.1) is 12.3 Å². The van der Waals surface area contributed by atoms with Crippen molar-refractivity contribution < 1.29 is 0 Å². The van der Waals surface area contributed by atoms with Crippen molar-refractivity contribution in [1.29, 1.82) is 0 Å². The molecule has 3 rings (SSSR count). The molecule has 0 saturated heterocycles. The molecule has 0 spiro atoms. The summed E-state index contributed by atoms with van der Waals surface area (Å²) in [5, 5.41) is 0. The zero-order valence-corrected chi connectivity index (χ0v) is 15.7. The first kappa shape index (κ1) is 17.3. The number of aryl methyl sites for hydroxylation is 1. The summed E-state index contributed by atoms with van der Waals surface area (Å²) in [5.74, 6) is 0. The van der Waals surface area contributed by atoms with Gasteiger partial charge in [0.2, 0.25) is 0 Å². The molecule has 25 heavy (non-hydrogen) atoms. The van der Waals surface area contributed by atoms with Crippen molar-refractivity contribution in [2.75, 3.05) is 4.90 Å². The van der Waals surface area contributed by atoms with Gasteiger partial charge in [0, 0.05) is 17.1 Å². The highest BCUT2D eigenvalue weighted by atomic mass is 15.1. The van der Waals surface area contributed by atoms with Crippen molar-refractivity contribution in [3.63, 3.8) is 0 Å². The van der Waals surface area contributed by atoms with Crippen LogP contribution in [0.5, 0.6) is 0 Å². The second kappa shape index (κ2) is 7.14. The SMILES string of the molecule is Cc1ccc(N(c2ccccc2)c2ccc(CC(C)(C)C)cc2)cc1. The first-order chi connectivity index (χ1) is 11.9. The summed E-state index contributed by atoms with van der Waals surface area (Å²) in [7, 11) is 0. The molecule has 3 aromatic carbocycles. The Balaban J connectivity index is 1.99. The summed E-state index contributed by atoms with van der Waals surface area (Å²) >= 11 is 0. The molecule has 0 fully saturated rings. The molecule has 0 aliphatic rings. The molecule has 0 N–H and O–H groups in total. The monoisotopic (exact) mass is 329 g/mol. The highest BCUT2D eigenvalue weighted by Gasteiger charge is 2.14. The summed E-state index contributed by atoms with van der Waals surface area (Å²) in [6.45, 7) is 8.97. The fourth-order valence-electron chi connectivity index (χ4n) is 3.09. The van der Waals surface area contributed by atoms with Crippen molar-refractivity contribution in [3.05, 3.63) is 90.0 Å². The Bertz CT molecular complexity index is 793. The van der Waals surface area contributed by atoms with Gasteiger partial charge >= 0.3 is 0 Å². The Morgan fingerprint density at radius 1 is 0.640 bits per heavy atom. The molecule has 0 bridgehead atoms. The lowest BCUT2D eigenvalue weighted by Gasteiger charge is -2.26. The maximum Gasteiger partial charge on any atom is 0.0461 e. The van der Waals surface area contributed by atoms with Crippen LogP contribution >= 0.6 is 0 Å². The predicted molar refractivity (Wildman–Crippen MR) is 109 cm³/mol. The van der Waals surface area contributed by atoms with Crippen LogP contribution < -0.4 is 4.90 Å². The van der Waals surface area contributed by atoms with Crippen LogP contribution in [0.15, 0.2) is 78.9 Å². The lowest BCUT2D eigenvalue weighted by molar-refractivity contribution is 0.411. The summed E-state index contributed by atoms with van der Waals surface area (Å²) in [4.78, 5) is 2.31. The lowest BCUT2D eigenvalue weighted by atomic mass is 9.88. The first-order valence-corrected chi connectivity index (χ1v) is 8.93. The molecule has 3 aromatic rings. The van der Waals surface area contributed by atoms with Gasteiger partial charge in [-0.1, -0.05) is 68.8 Å². The van der Waals surface area contributed by atoms with Gasteiger partial charge in [0.05, 0.1) is 0 Å². The molecule has 0 atom stereocenters. The molecule has 0 aliphatic heterocycles. The van der Waals surface area contributed by atoms with Gasteiger partial charge < -0.3 is 4.90 Å². The van der Waals surface area contributed by atoms with E-state index >= 15 is 0 Å². The van der Waals surface area contributed by atoms with Gasteiger partial charge in [0.1, 0.15) is 0 Å². The Hall–Kier alpha value is -2.54. The number of hydrogen-bond donors (Lipinski definition) is 0. The first-order valence-electron chi connectivity index (χ1n) is 8.93. The number of anilines is 3. The number of benzene rings is 3. The minimum Gasteiger partial charge on any atom is -0.311 e. The van der Waals surface area contributed by atoms with E-state index in [2.05, 4.69) is 111 Å². The summed E-state index contributed by atoms with van der Waals surface area (Å²) in [6, 6.07) is 28.2. The molecule has 0 saturated carbocycles. The zero-order chi connectivity index (χ0) is 17.9. The smallest absolute Gasteiger partial charge is 0.0461 e. The number of para-hydroxylation sites is 1. The second-order valence-corrected chi connectivity index (χ2v) is 7.91. The quantitative estimate of drug-likeness (QED) is 0.495. The van der Waals surface area contributed by atoms with E-state index in [-0.39, 0.29) is 0 Å². The van der Waals surface area contributed by atoms with E-state index in [0.717, 1.165) is 6.42 Å². The van der Waals surface area contributed by atoms with Crippen molar-refractivity contribution in [3.8, 4) is 0 Å². The van der Waals surface area contributed by atoms with Crippen LogP contribution in [0.4, 0.5) is 17.1 Å². The molecule has 1 nitrogen and oxygen atoms in total. The van der Waals surface area contributed by atoms with Gasteiger partial charge in [-0.3, -0.25) is 0 Å². The number of hydrogen-bond acceptors (Lipinski definition) is 1. The Labute approximate surface area is 151 Å². The molecule has 0 aromatic heterocycles. The van der Waals surface area contributed by atoms with Crippen LogP contribution in [0.1, 0.15) is 31.9 Å². The molecule has 0 unspecified atom stereocenters. The van der Waals surface area contributed by atoms with Crippen LogP contribution in [-0.2, 0) is 6.42 Å². The Kier molecular flexibility index (Phi) is 4.94. The van der Waals surface area contributed by atoms with E-state index in [1.54, 1.807) is 0 Å². The van der Waals surface area contributed by atoms with E-state index in [1.807, 2.05) is 0 Å². The minimum atomic E-state index is 0.303. The van der Waals surface area contributed by atoms with Crippen LogP contribution in [0.2, 0.25) is 0 Å². The summed E-state index contributed by atoms with van der Waals surface area (Å²) in [5.41, 5.74) is 6.51. The molecule has 0 radical (unpaired) electrons. The van der Waals surface area contributed by atoms with E-state index in [4.69, 9.17) is 0 Å². The normalized spacial score (nSPS) is 11.4. The number of rotatable bonds is 4. The van der Waals surface area contributed by atoms with Crippen molar-refractivity contribution in [1.82, 2.24) is 0 Å². The Morgan fingerprint density at radius 3 is 1.64 bits per heavy atom. The summed E-state index contributed by atoms with van der Waals surface area (Å²) < 4.78 is 0. The second-order valence-electron chi connectivity index (χ2n) is 7.91. The van der Waals surface area contributed by atoms with E-state index in [9.17, 15) is 0 Å². The third-order valence-corrected chi connectivity index (χ3v) is 4.24. The van der Waals surface area contributed by atoms with E-state index in [0.29, 0.717) is 5.41 Å². The maximum absolute atomic E-state index is 2.31. The van der Waals surface area contributed by atoms with Gasteiger partial charge in [-0.25, -0.2) is 0 Å². The van der Waals surface area contributed by atoms with Gasteiger partial charge in [0.25, 0.3) is 0 Å². The topological polar surface area (TPSA) is 3.24 Å². The van der Waals surface area contributed by atoms with Gasteiger partial charge in [-0.05, 0) is 60.7 Å². The molecule has 0 amide bonds. The van der Waals surface area contributed by atoms with Crippen molar-refractivity contribution >= 4 is 17.1 Å². The van der Waals surface area contributed by atoms with Crippen LogP contribution in [0.3, 0.4) is 0 Å². The average molecular weight is 329 g/mol. The van der Waals surface area contributed by atoms with Crippen molar-refractivity contribution in [2.45, 2.75) is 34.1 Å². The Morgan fingerprint density at radius 2 is 1.12 bits per heavy atom. The fourth-order valence-corrected chi connectivity index (χ4v) is 3.09. The molecule has 1 heteroatoms. The van der Waals surface area contributed by atoms with Crippen LogP contribution in [-0.4, -0.2) is 0 Å². The predicted octanol–water partition coefficient (Wildman–Crippen LogP) is 7.05. The highest BCUT2D eigenvalue weighted by Crippen LogP contribution is 2.34. The van der Waals surface area contributed by atoms with Gasteiger partial charge in [-0.15, -0.1) is 0 Å². The van der Waals surface area contributed by atoms with Crippen molar-refractivity contribution in [2.24, 2.45) is 5.41 Å². The molecular formula is C24H27N. The highest BCUT2D eigenvalue weighted by molar-refractivity contribution is 5.76. The van der Waals surface area contributed by atoms with Gasteiger partial charge in [0.15, 0.2) is 0 Å². The van der Waals surface area contributed by atoms with Gasteiger partial charge in [-0.2, -0.15) is 0 Å². The van der Waals surface area contributed by atoms with E-state index in [1.165, 1.54) is 28.2 Å². The minimum absolute atomic E-state index is 0.303. The fraction of sp³-hybridized carbons (Fsp3) is 0.250. The standard InChI is InChI=1S/C24H27N/c1-19-10-14-22(15-11-19)25(21-8-6-5-7-9-21)23-16-12-20(13-17-23)18-24(2,3)4/h5-17H,18H2,1-4H3. The van der Waals surface area contributed by atoms with Crippen LogP contribution in [0.25, 0.3) is 0 Å². The van der Waals surface area contributed by atoms with E-state index < -0.39 is 0 Å². The molecular weight excluding hydrogens is 302 g/mol. The lowest BCUT2D eigenvalue weighted by Crippen LogP contribution is -2.11. The molecule has 0 aliphatic carbocycles. The number of nitrogens with zero attached hydrogens (tertiary/aromatic N) is 1. The maximum atomic E-state index is 2.31. The third-order valence-electron chi connectivity index (χ3n) is 4.24. The largest absolute Gasteiger partial charge is 0.311 e.